The molecule has 3 N–H and O–H groups in total. The third-order valence-corrected chi connectivity index (χ3v) is 2.19. The predicted molar refractivity (Wildman–Crippen MR) is 62.2 cm³/mol. The molecule has 0 heterocycles. The van der Waals surface area contributed by atoms with Crippen LogP contribution in [-0.4, -0.2) is 12.2 Å². The Hall–Kier alpha value is -0.880. The maximum Gasteiger partial charge on any atom is 0.332 e. The van der Waals surface area contributed by atoms with Gasteiger partial charge in [0, 0.05) is 8.95 Å². The zero-order chi connectivity index (χ0) is 10.6. The number of urea groups is 1. The average molecular weight is 321 g/mol. The molecule has 0 aliphatic heterocycles. The number of nitrogens with two attached hydrogens (primary N) is 1. The lowest BCUT2D eigenvalue weighted by Gasteiger charge is -1.97. The first-order valence-corrected chi connectivity index (χ1v) is 5.21. The van der Waals surface area contributed by atoms with Crippen LogP contribution < -0.4 is 11.2 Å². The van der Waals surface area contributed by atoms with Gasteiger partial charge in [0.25, 0.3) is 0 Å². The average Bonchev–Trinajstić information content (AvgIpc) is 2.01. The molecule has 0 radical (unpaired) electrons. The molecule has 6 heteroatoms. The van der Waals surface area contributed by atoms with Gasteiger partial charge in [-0.2, -0.15) is 5.10 Å². The van der Waals surface area contributed by atoms with Gasteiger partial charge in [0.2, 0.25) is 0 Å². The van der Waals surface area contributed by atoms with Crippen LogP contribution in [0.3, 0.4) is 0 Å². The fraction of sp³-hybridized carbons (Fsp3) is 0. The second kappa shape index (κ2) is 5.11. The van der Waals surface area contributed by atoms with E-state index in [0.717, 1.165) is 14.5 Å². The summed E-state index contributed by atoms with van der Waals surface area (Å²) in [6.45, 7) is 0. The molecule has 2 amide bonds. The Kier molecular flexibility index (Phi) is 4.09. The lowest BCUT2D eigenvalue weighted by Crippen LogP contribution is -2.24. The minimum atomic E-state index is -0.685. The van der Waals surface area contributed by atoms with Crippen molar-refractivity contribution in [2.75, 3.05) is 0 Å². The standard InChI is InChI=1S/C8H7Br2N3O/c9-6-1-5(2-7(10)3-6)4-12-13-8(11)14/h1-4H,(H3,11,13,14). The number of rotatable bonds is 2. The molecule has 0 aliphatic carbocycles. The van der Waals surface area contributed by atoms with Gasteiger partial charge in [0.1, 0.15) is 0 Å². The SMILES string of the molecule is NC(=O)NN=Cc1cc(Br)cc(Br)c1. The Bertz CT molecular complexity index is 359. The van der Waals surface area contributed by atoms with Gasteiger partial charge in [-0.3, -0.25) is 0 Å². The van der Waals surface area contributed by atoms with E-state index in [4.69, 9.17) is 5.73 Å². The molecule has 0 fully saturated rings. The highest BCUT2D eigenvalue weighted by atomic mass is 79.9. The second-order valence-electron chi connectivity index (χ2n) is 2.44. The third kappa shape index (κ3) is 3.89. The highest BCUT2D eigenvalue weighted by Gasteiger charge is 1.94. The second-order valence-corrected chi connectivity index (χ2v) is 4.27. The smallest absolute Gasteiger partial charge is 0.332 e. The Morgan fingerprint density at radius 2 is 1.93 bits per heavy atom. The molecular formula is C8H7Br2N3O. The fourth-order valence-corrected chi connectivity index (χ4v) is 2.15. The van der Waals surface area contributed by atoms with Crippen LogP contribution in [0.2, 0.25) is 0 Å². The number of benzene rings is 1. The summed E-state index contributed by atoms with van der Waals surface area (Å²) in [5, 5.41) is 3.63. The zero-order valence-corrected chi connectivity index (χ0v) is 10.2. The molecule has 0 bridgehead atoms. The van der Waals surface area contributed by atoms with Gasteiger partial charge in [0.05, 0.1) is 6.21 Å². The first-order chi connectivity index (χ1) is 6.58. The van der Waals surface area contributed by atoms with Gasteiger partial charge in [-0.1, -0.05) is 31.9 Å². The minimum Gasteiger partial charge on any atom is -0.350 e. The summed E-state index contributed by atoms with van der Waals surface area (Å²) in [5.41, 5.74) is 7.79. The van der Waals surface area contributed by atoms with Crippen LogP contribution in [0.1, 0.15) is 5.56 Å². The maximum atomic E-state index is 10.3. The molecule has 0 saturated carbocycles. The summed E-state index contributed by atoms with van der Waals surface area (Å²) in [4.78, 5) is 10.3. The van der Waals surface area contributed by atoms with Gasteiger partial charge in [-0.15, -0.1) is 0 Å². The van der Waals surface area contributed by atoms with Crippen LogP contribution >= 0.6 is 31.9 Å². The van der Waals surface area contributed by atoms with Crippen molar-refractivity contribution in [2.24, 2.45) is 10.8 Å². The Morgan fingerprint density at radius 3 is 2.43 bits per heavy atom. The molecule has 1 aromatic carbocycles. The molecule has 1 aromatic rings. The van der Waals surface area contributed by atoms with Crippen molar-refractivity contribution in [1.29, 1.82) is 0 Å². The first-order valence-electron chi connectivity index (χ1n) is 3.62. The molecule has 0 aliphatic rings. The van der Waals surface area contributed by atoms with E-state index in [1.54, 1.807) is 0 Å². The number of carbonyl (C=O) groups excluding carboxylic acids is 1. The number of hydrogen-bond acceptors (Lipinski definition) is 2. The van der Waals surface area contributed by atoms with E-state index in [1.807, 2.05) is 18.2 Å². The number of halogens is 2. The highest BCUT2D eigenvalue weighted by molar-refractivity contribution is 9.11. The van der Waals surface area contributed by atoms with E-state index in [2.05, 4.69) is 42.4 Å². The van der Waals surface area contributed by atoms with Crippen LogP contribution in [0.15, 0.2) is 32.2 Å². The van der Waals surface area contributed by atoms with E-state index >= 15 is 0 Å². The summed E-state index contributed by atoms with van der Waals surface area (Å²) >= 11 is 6.66. The van der Waals surface area contributed by atoms with E-state index in [-0.39, 0.29) is 0 Å². The van der Waals surface area contributed by atoms with Crippen molar-refractivity contribution in [1.82, 2.24) is 5.43 Å². The third-order valence-electron chi connectivity index (χ3n) is 1.27. The lowest BCUT2D eigenvalue weighted by molar-refractivity contribution is 0.249. The normalized spacial score (nSPS) is 10.4. The zero-order valence-electron chi connectivity index (χ0n) is 7.00. The van der Waals surface area contributed by atoms with Crippen molar-refractivity contribution >= 4 is 44.1 Å². The molecule has 0 saturated heterocycles. The van der Waals surface area contributed by atoms with E-state index in [0.29, 0.717) is 0 Å². The fourth-order valence-electron chi connectivity index (χ4n) is 0.820. The molecule has 14 heavy (non-hydrogen) atoms. The van der Waals surface area contributed by atoms with Gasteiger partial charge in [-0.25, -0.2) is 10.2 Å². The van der Waals surface area contributed by atoms with E-state index in [1.165, 1.54) is 6.21 Å². The highest BCUT2D eigenvalue weighted by Crippen LogP contribution is 2.18. The van der Waals surface area contributed by atoms with Crippen molar-refractivity contribution in [3.63, 3.8) is 0 Å². The molecule has 0 unspecified atom stereocenters. The summed E-state index contributed by atoms with van der Waals surface area (Å²) in [6, 6.07) is 4.93. The number of hydrogen-bond donors (Lipinski definition) is 2. The molecule has 4 nitrogen and oxygen atoms in total. The number of primary amides is 1. The van der Waals surface area contributed by atoms with Crippen molar-refractivity contribution < 1.29 is 4.79 Å². The summed E-state index contributed by atoms with van der Waals surface area (Å²) < 4.78 is 1.85. The van der Waals surface area contributed by atoms with Gasteiger partial charge < -0.3 is 5.73 Å². The van der Waals surface area contributed by atoms with Crippen molar-refractivity contribution in [3.05, 3.63) is 32.7 Å². The molecule has 0 aromatic heterocycles. The first kappa shape index (κ1) is 11.2. The number of nitrogens with one attached hydrogen (secondary N) is 1. The molecule has 0 spiro atoms. The number of amides is 2. The minimum absolute atomic E-state index is 0.685. The number of nitrogens with zero attached hydrogens (tertiary/aromatic N) is 1. The quantitative estimate of drug-likeness (QED) is 0.636. The van der Waals surface area contributed by atoms with E-state index < -0.39 is 6.03 Å². The predicted octanol–water partition coefficient (Wildman–Crippen LogP) is 2.21. The maximum absolute atomic E-state index is 10.3. The van der Waals surface area contributed by atoms with Crippen molar-refractivity contribution in [3.8, 4) is 0 Å². The van der Waals surface area contributed by atoms with Crippen LogP contribution in [0.25, 0.3) is 0 Å². The van der Waals surface area contributed by atoms with Crippen LogP contribution in [-0.2, 0) is 0 Å². The Balaban J connectivity index is 2.76. The molecule has 74 valence electrons. The van der Waals surface area contributed by atoms with E-state index in [9.17, 15) is 4.79 Å². The largest absolute Gasteiger partial charge is 0.350 e. The molecular weight excluding hydrogens is 314 g/mol. The Morgan fingerprint density at radius 1 is 1.36 bits per heavy atom. The summed E-state index contributed by atoms with van der Waals surface area (Å²) in [5.74, 6) is 0. The topological polar surface area (TPSA) is 67.5 Å². The van der Waals surface area contributed by atoms with Gasteiger partial charge >= 0.3 is 6.03 Å². The lowest BCUT2D eigenvalue weighted by atomic mass is 10.2. The summed E-state index contributed by atoms with van der Waals surface area (Å²) in [6.07, 6.45) is 1.50. The van der Waals surface area contributed by atoms with Gasteiger partial charge in [-0.05, 0) is 23.8 Å². The van der Waals surface area contributed by atoms with Crippen LogP contribution in [0, 0.1) is 0 Å². The monoisotopic (exact) mass is 319 g/mol. The summed E-state index contributed by atoms with van der Waals surface area (Å²) in [7, 11) is 0. The number of carbonyl (C=O) groups is 1. The Labute approximate surface area is 97.8 Å². The number of hydrazone groups is 1. The molecule has 1 rings (SSSR count). The van der Waals surface area contributed by atoms with Crippen LogP contribution in [0.5, 0.6) is 0 Å². The van der Waals surface area contributed by atoms with Crippen LogP contribution in [0.4, 0.5) is 4.79 Å². The van der Waals surface area contributed by atoms with Gasteiger partial charge in [0.15, 0.2) is 0 Å². The molecule has 0 atom stereocenters. The van der Waals surface area contributed by atoms with Crippen molar-refractivity contribution in [2.45, 2.75) is 0 Å².